The minimum absolute atomic E-state index is 0.0775. The highest BCUT2D eigenvalue weighted by Gasteiger charge is 2.64. The molecule has 4 aliphatic rings. The standard InChI is InChI=1S/C28H42O5/c1-7-19-23-15-18(33-17(3)29)10-12-28(23,5)22-11-13-27(4)20(16(2)14-24(30)32-6)8-9-21(27)25(22)26(19)31/h7,16,18,20-23,25H,8-15H2,1-6H3/b19-7+/t16-,18-,20-,21?,22?,23+,25?,27-,28-/m1/s1. The summed E-state index contributed by atoms with van der Waals surface area (Å²) in [5.74, 6) is 1.75. The fourth-order valence-electron chi connectivity index (χ4n) is 8.98. The molecule has 184 valence electrons. The molecule has 0 aromatic rings. The van der Waals surface area contributed by atoms with Crippen LogP contribution in [-0.4, -0.2) is 30.9 Å². The van der Waals surface area contributed by atoms with E-state index in [1.54, 1.807) is 0 Å². The number of hydrogen-bond acceptors (Lipinski definition) is 5. The molecule has 0 bridgehead atoms. The highest BCUT2D eigenvalue weighted by Crippen LogP contribution is 2.68. The molecule has 0 aliphatic heterocycles. The van der Waals surface area contributed by atoms with Crippen molar-refractivity contribution in [1.82, 2.24) is 0 Å². The quantitative estimate of drug-likeness (QED) is 0.410. The van der Waals surface area contributed by atoms with Crippen molar-refractivity contribution < 1.29 is 23.9 Å². The summed E-state index contributed by atoms with van der Waals surface area (Å²) in [7, 11) is 1.46. The maximum absolute atomic E-state index is 14.1. The second kappa shape index (κ2) is 8.85. The van der Waals surface area contributed by atoms with Crippen molar-refractivity contribution in [3.05, 3.63) is 11.6 Å². The van der Waals surface area contributed by atoms with E-state index < -0.39 is 0 Å². The van der Waals surface area contributed by atoms with E-state index in [4.69, 9.17) is 9.47 Å². The van der Waals surface area contributed by atoms with E-state index in [-0.39, 0.29) is 46.6 Å². The van der Waals surface area contributed by atoms with Gasteiger partial charge in [0.25, 0.3) is 0 Å². The smallest absolute Gasteiger partial charge is 0.305 e. The molecule has 0 N–H and O–H groups in total. The third kappa shape index (κ3) is 3.87. The summed E-state index contributed by atoms with van der Waals surface area (Å²) in [6, 6.07) is 0. The Hall–Kier alpha value is -1.65. The number of fused-ring (bicyclic) bond motifs is 5. The molecule has 4 rings (SSSR count). The van der Waals surface area contributed by atoms with Crippen LogP contribution in [0.4, 0.5) is 0 Å². The lowest BCUT2D eigenvalue weighted by Crippen LogP contribution is -2.58. The maximum Gasteiger partial charge on any atom is 0.305 e. The van der Waals surface area contributed by atoms with Gasteiger partial charge in [0, 0.05) is 19.3 Å². The zero-order valence-electron chi connectivity index (χ0n) is 21.3. The van der Waals surface area contributed by atoms with Crippen LogP contribution in [0.2, 0.25) is 0 Å². The van der Waals surface area contributed by atoms with Gasteiger partial charge in [0.2, 0.25) is 0 Å². The topological polar surface area (TPSA) is 69.7 Å². The Kier molecular flexibility index (Phi) is 6.56. The van der Waals surface area contributed by atoms with Crippen LogP contribution in [0.15, 0.2) is 11.6 Å². The largest absolute Gasteiger partial charge is 0.469 e. The van der Waals surface area contributed by atoms with Crippen molar-refractivity contribution in [2.24, 2.45) is 46.3 Å². The van der Waals surface area contributed by atoms with Crippen LogP contribution in [0.1, 0.15) is 86.0 Å². The van der Waals surface area contributed by atoms with Gasteiger partial charge in [0.15, 0.2) is 5.78 Å². The molecule has 5 nitrogen and oxygen atoms in total. The van der Waals surface area contributed by atoms with Gasteiger partial charge in [0.05, 0.1) is 7.11 Å². The molecule has 0 amide bonds. The number of Topliss-reactive ketones (excluding diaryl/α,β-unsaturated/α-hetero) is 1. The Labute approximate surface area is 199 Å². The molecular weight excluding hydrogens is 416 g/mol. The number of methoxy groups -OCH3 is 1. The van der Waals surface area contributed by atoms with Crippen LogP contribution in [0.25, 0.3) is 0 Å². The lowest BCUT2D eigenvalue weighted by molar-refractivity contribution is -0.160. The molecule has 0 saturated heterocycles. The van der Waals surface area contributed by atoms with Crippen LogP contribution in [0, 0.1) is 46.3 Å². The van der Waals surface area contributed by atoms with E-state index in [0.717, 1.165) is 50.5 Å². The van der Waals surface area contributed by atoms with Gasteiger partial charge in [-0.3, -0.25) is 14.4 Å². The second-order valence-electron chi connectivity index (χ2n) is 11.9. The molecule has 0 spiro atoms. The van der Waals surface area contributed by atoms with Gasteiger partial charge >= 0.3 is 11.9 Å². The van der Waals surface area contributed by atoms with Gasteiger partial charge in [-0.25, -0.2) is 0 Å². The lowest BCUT2D eigenvalue weighted by Gasteiger charge is -2.61. The number of esters is 2. The van der Waals surface area contributed by atoms with E-state index in [9.17, 15) is 14.4 Å². The monoisotopic (exact) mass is 458 g/mol. The predicted octanol–water partition coefficient (Wildman–Crippen LogP) is 5.51. The van der Waals surface area contributed by atoms with Crippen molar-refractivity contribution in [1.29, 1.82) is 0 Å². The van der Waals surface area contributed by atoms with E-state index >= 15 is 0 Å². The van der Waals surface area contributed by atoms with Crippen molar-refractivity contribution in [2.45, 2.75) is 92.1 Å². The van der Waals surface area contributed by atoms with Gasteiger partial charge in [-0.1, -0.05) is 26.8 Å². The Bertz CT molecular complexity index is 845. The molecule has 0 aromatic heterocycles. The molecular formula is C28H42O5. The van der Waals surface area contributed by atoms with Crippen LogP contribution in [-0.2, 0) is 23.9 Å². The summed E-state index contributed by atoms with van der Waals surface area (Å²) in [5, 5.41) is 0. The van der Waals surface area contributed by atoms with E-state index in [1.165, 1.54) is 14.0 Å². The molecule has 0 radical (unpaired) electrons. The lowest BCUT2D eigenvalue weighted by atomic mass is 9.43. The SMILES string of the molecule is C/C=C1/C(=O)C2C3CC[C@H]([C@H](C)CC(=O)OC)[C@@]3(C)CCC2[C@@]2(C)CC[C@@H](OC(C)=O)C[C@@H]12. The molecule has 33 heavy (non-hydrogen) atoms. The van der Waals surface area contributed by atoms with E-state index in [0.29, 0.717) is 30.0 Å². The minimum atomic E-state index is -0.225. The molecule has 4 saturated carbocycles. The number of ketones is 1. The summed E-state index contributed by atoms with van der Waals surface area (Å²) in [6.07, 6.45) is 9.47. The Morgan fingerprint density at radius 3 is 2.39 bits per heavy atom. The third-order valence-electron chi connectivity index (χ3n) is 10.5. The van der Waals surface area contributed by atoms with Gasteiger partial charge in [-0.2, -0.15) is 0 Å². The van der Waals surface area contributed by atoms with Crippen LogP contribution < -0.4 is 0 Å². The van der Waals surface area contributed by atoms with Crippen LogP contribution in [0.5, 0.6) is 0 Å². The molecule has 0 aromatic carbocycles. The molecule has 4 aliphatic carbocycles. The number of allylic oxidation sites excluding steroid dienone is 2. The summed E-state index contributed by atoms with van der Waals surface area (Å²) in [5.41, 5.74) is 1.15. The second-order valence-corrected chi connectivity index (χ2v) is 11.9. The highest BCUT2D eigenvalue weighted by atomic mass is 16.5. The average Bonchev–Trinajstić information content (AvgIpc) is 3.11. The van der Waals surface area contributed by atoms with Crippen molar-refractivity contribution in [3.8, 4) is 0 Å². The Balaban J connectivity index is 1.62. The summed E-state index contributed by atoms with van der Waals surface area (Å²) in [4.78, 5) is 37.6. The van der Waals surface area contributed by atoms with Crippen molar-refractivity contribution in [3.63, 3.8) is 0 Å². The zero-order chi connectivity index (χ0) is 24.1. The zero-order valence-corrected chi connectivity index (χ0v) is 21.3. The first kappa shape index (κ1) is 24.5. The van der Waals surface area contributed by atoms with Crippen molar-refractivity contribution in [2.75, 3.05) is 7.11 Å². The molecule has 9 atom stereocenters. The number of carbonyl (C=O) groups excluding carboxylic acids is 3. The van der Waals surface area contributed by atoms with Gasteiger partial charge < -0.3 is 9.47 Å². The Morgan fingerprint density at radius 2 is 1.76 bits per heavy atom. The third-order valence-corrected chi connectivity index (χ3v) is 10.5. The molecule has 5 heteroatoms. The molecule has 0 heterocycles. The Morgan fingerprint density at radius 1 is 1.09 bits per heavy atom. The average molecular weight is 459 g/mol. The van der Waals surface area contributed by atoms with Crippen LogP contribution >= 0.6 is 0 Å². The van der Waals surface area contributed by atoms with Gasteiger partial charge in [0.1, 0.15) is 6.10 Å². The van der Waals surface area contributed by atoms with E-state index in [2.05, 4.69) is 26.8 Å². The predicted molar refractivity (Wildman–Crippen MR) is 126 cm³/mol. The van der Waals surface area contributed by atoms with Gasteiger partial charge in [-0.15, -0.1) is 0 Å². The van der Waals surface area contributed by atoms with E-state index in [1.807, 2.05) is 6.92 Å². The summed E-state index contributed by atoms with van der Waals surface area (Å²) < 4.78 is 10.6. The number of rotatable bonds is 4. The van der Waals surface area contributed by atoms with Gasteiger partial charge in [-0.05, 0) is 97.9 Å². The number of ether oxygens (including phenoxy) is 2. The number of carbonyl (C=O) groups is 3. The fraction of sp³-hybridized carbons (Fsp3) is 0.821. The van der Waals surface area contributed by atoms with Crippen LogP contribution in [0.3, 0.4) is 0 Å². The maximum atomic E-state index is 14.1. The normalized spacial score (nSPS) is 44.4. The first-order valence-corrected chi connectivity index (χ1v) is 13.0. The number of hydrogen-bond donors (Lipinski definition) is 0. The summed E-state index contributed by atoms with van der Waals surface area (Å²) in [6.45, 7) is 10.5. The highest BCUT2D eigenvalue weighted by molar-refractivity contribution is 5.99. The summed E-state index contributed by atoms with van der Waals surface area (Å²) >= 11 is 0. The molecule has 4 fully saturated rings. The molecule has 3 unspecified atom stereocenters. The fourth-order valence-corrected chi connectivity index (χ4v) is 8.98. The minimum Gasteiger partial charge on any atom is -0.469 e. The first-order chi connectivity index (χ1) is 15.6. The first-order valence-electron chi connectivity index (χ1n) is 13.0. The van der Waals surface area contributed by atoms with Crippen molar-refractivity contribution >= 4 is 17.7 Å².